The molecule has 0 radical (unpaired) electrons. The molecule has 1 N–H and O–H groups in total. The fourth-order valence-corrected chi connectivity index (χ4v) is 4.80. The van der Waals surface area contributed by atoms with E-state index in [9.17, 15) is 9.90 Å². The van der Waals surface area contributed by atoms with Gasteiger partial charge in [0.25, 0.3) is 0 Å². The van der Waals surface area contributed by atoms with Crippen molar-refractivity contribution in [2.24, 2.45) is 0 Å². The summed E-state index contributed by atoms with van der Waals surface area (Å²) in [5.74, 6) is 0.849. The van der Waals surface area contributed by atoms with Crippen LogP contribution in [0.3, 0.4) is 0 Å². The van der Waals surface area contributed by atoms with E-state index in [1.165, 1.54) is 4.88 Å². The molecule has 1 atom stereocenters. The maximum Gasteiger partial charge on any atom is 0.410 e. The molecular weight excluding hydrogens is 492 g/mol. The summed E-state index contributed by atoms with van der Waals surface area (Å²) >= 11 is 5.17. The van der Waals surface area contributed by atoms with Crippen molar-refractivity contribution in [1.82, 2.24) is 9.88 Å². The Bertz CT molecular complexity index is 997. The van der Waals surface area contributed by atoms with Gasteiger partial charge in [-0.2, -0.15) is 0 Å². The van der Waals surface area contributed by atoms with Crippen LogP contribution in [0, 0.1) is 0 Å². The number of hydrogen-bond donors (Lipinski definition) is 1. The number of halogens is 1. The predicted octanol–water partition coefficient (Wildman–Crippen LogP) is 5.74. The normalized spacial score (nSPS) is 12.5. The van der Waals surface area contributed by atoms with Gasteiger partial charge in [-0.1, -0.05) is 46.3 Å². The molecule has 172 valence electrons. The lowest BCUT2D eigenvalue weighted by Gasteiger charge is -2.27. The molecule has 6 nitrogen and oxygen atoms in total. The highest BCUT2D eigenvalue weighted by atomic mass is 79.9. The van der Waals surface area contributed by atoms with Crippen molar-refractivity contribution < 1.29 is 19.1 Å². The number of nitrogens with zero attached hydrogens (tertiary/aromatic N) is 2. The third-order valence-corrected chi connectivity index (χ3v) is 6.13. The van der Waals surface area contributed by atoms with Gasteiger partial charge in [0, 0.05) is 28.0 Å². The molecule has 2 heterocycles. The second kappa shape index (κ2) is 11.1. The van der Waals surface area contributed by atoms with Crippen LogP contribution in [0.2, 0.25) is 0 Å². The molecule has 3 rings (SSSR count). The van der Waals surface area contributed by atoms with Crippen molar-refractivity contribution in [3.05, 3.63) is 75.6 Å². The van der Waals surface area contributed by atoms with Gasteiger partial charge in [0.2, 0.25) is 5.89 Å². The standard InChI is InChI=1S/C24H29BrN2O4S/c1-24(2,3)31-23(29)27(16-20-10-9-19(32-20)11-13-25)14-12-18-15-26-22(30-18)21(28)17-7-5-4-6-8-17/h4-10,15,21,28H,11-14,16H2,1-3H3. The summed E-state index contributed by atoms with van der Waals surface area (Å²) in [5.41, 5.74) is 0.138. The van der Waals surface area contributed by atoms with Crippen LogP contribution in [0.15, 0.2) is 53.1 Å². The number of thiophene rings is 1. The van der Waals surface area contributed by atoms with E-state index in [0.717, 1.165) is 16.6 Å². The van der Waals surface area contributed by atoms with E-state index in [2.05, 4.69) is 33.0 Å². The van der Waals surface area contributed by atoms with E-state index in [0.29, 0.717) is 30.8 Å². The molecule has 0 aliphatic heterocycles. The molecule has 0 bridgehead atoms. The Morgan fingerprint density at radius 1 is 1.19 bits per heavy atom. The second-order valence-electron chi connectivity index (χ2n) is 8.44. The van der Waals surface area contributed by atoms with Crippen LogP contribution >= 0.6 is 27.3 Å². The Kier molecular flexibility index (Phi) is 8.51. The van der Waals surface area contributed by atoms with Crippen molar-refractivity contribution in [2.45, 2.75) is 51.9 Å². The lowest BCUT2D eigenvalue weighted by molar-refractivity contribution is 0.0235. The summed E-state index contributed by atoms with van der Waals surface area (Å²) in [7, 11) is 0. The van der Waals surface area contributed by atoms with Crippen molar-refractivity contribution in [2.75, 3.05) is 11.9 Å². The number of aliphatic hydroxyl groups excluding tert-OH is 1. The molecule has 1 unspecified atom stereocenters. The van der Waals surface area contributed by atoms with Crippen LogP contribution in [0.1, 0.15) is 53.8 Å². The van der Waals surface area contributed by atoms with Crippen LogP contribution in [0.4, 0.5) is 4.79 Å². The molecule has 0 spiro atoms. The SMILES string of the molecule is CC(C)(C)OC(=O)N(CCc1cnc(C(O)c2ccccc2)o1)Cc1ccc(CCBr)s1. The molecular formula is C24H29BrN2O4S. The van der Waals surface area contributed by atoms with Crippen LogP contribution in [-0.2, 0) is 24.1 Å². The van der Waals surface area contributed by atoms with E-state index in [1.54, 1.807) is 22.4 Å². The minimum atomic E-state index is -0.925. The number of hydrogen-bond acceptors (Lipinski definition) is 6. The monoisotopic (exact) mass is 520 g/mol. The summed E-state index contributed by atoms with van der Waals surface area (Å²) < 4.78 is 11.4. The average molecular weight is 521 g/mol. The van der Waals surface area contributed by atoms with Crippen molar-refractivity contribution in [3.63, 3.8) is 0 Å². The number of carbonyl (C=O) groups is 1. The lowest BCUT2D eigenvalue weighted by atomic mass is 10.1. The number of oxazole rings is 1. The zero-order chi connectivity index (χ0) is 23.1. The van der Waals surface area contributed by atoms with Gasteiger partial charge in [0.05, 0.1) is 12.7 Å². The second-order valence-corrected chi connectivity index (χ2v) is 10.5. The molecule has 2 aromatic heterocycles. The van der Waals surface area contributed by atoms with E-state index in [1.807, 2.05) is 51.1 Å². The summed E-state index contributed by atoms with van der Waals surface area (Å²) in [4.78, 5) is 21.1. The minimum absolute atomic E-state index is 0.243. The summed E-state index contributed by atoms with van der Waals surface area (Å²) in [6, 6.07) is 13.4. The first kappa shape index (κ1) is 24.5. The number of rotatable bonds is 9. The van der Waals surface area contributed by atoms with Crippen molar-refractivity contribution in [3.8, 4) is 0 Å². The Morgan fingerprint density at radius 3 is 2.59 bits per heavy atom. The number of alkyl halides is 1. The first-order chi connectivity index (χ1) is 15.2. The van der Waals surface area contributed by atoms with Gasteiger partial charge in [0.1, 0.15) is 11.4 Å². The van der Waals surface area contributed by atoms with Gasteiger partial charge in [-0.05, 0) is 44.9 Å². The van der Waals surface area contributed by atoms with Crippen LogP contribution in [-0.4, -0.2) is 38.6 Å². The number of aryl methyl sites for hydroxylation is 1. The molecule has 1 aromatic carbocycles. The maximum atomic E-state index is 12.8. The number of ether oxygens (including phenoxy) is 1. The number of aromatic nitrogens is 1. The molecule has 1 amide bonds. The Morgan fingerprint density at radius 2 is 1.91 bits per heavy atom. The molecule has 8 heteroatoms. The number of aliphatic hydroxyl groups is 1. The van der Waals surface area contributed by atoms with E-state index < -0.39 is 11.7 Å². The third-order valence-electron chi connectivity index (χ3n) is 4.61. The average Bonchev–Trinajstić information content (AvgIpc) is 3.40. The summed E-state index contributed by atoms with van der Waals surface area (Å²) in [5, 5.41) is 11.4. The van der Waals surface area contributed by atoms with Gasteiger partial charge >= 0.3 is 6.09 Å². The number of benzene rings is 1. The molecule has 0 saturated carbocycles. The first-order valence-corrected chi connectivity index (χ1v) is 12.5. The Balaban J connectivity index is 1.67. The highest BCUT2D eigenvalue weighted by molar-refractivity contribution is 9.09. The van der Waals surface area contributed by atoms with Gasteiger partial charge < -0.3 is 19.2 Å². The van der Waals surface area contributed by atoms with Crippen LogP contribution in [0.25, 0.3) is 0 Å². The molecule has 32 heavy (non-hydrogen) atoms. The van der Waals surface area contributed by atoms with Gasteiger partial charge in [-0.3, -0.25) is 0 Å². The van der Waals surface area contributed by atoms with Crippen LogP contribution in [0.5, 0.6) is 0 Å². The molecule has 3 aromatic rings. The topological polar surface area (TPSA) is 75.8 Å². The minimum Gasteiger partial charge on any atom is -0.444 e. The van der Waals surface area contributed by atoms with Crippen molar-refractivity contribution in [1.29, 1.82) is 0 Å². The van der Waals surface area contributed by atoms with Gasteiger partial charge in [-0.15, -0.1) is 11.3 Å². The summed E-state index contributed by atoms with van der Waals surface area (Å²) in [6.07, 6.45) is 1.74. The van der Waals surface area contributed by atoms with E-state index in [-0.39, 0.29) is 12.0 Å². The van der Waals surface area contributed by atoms with E-state index >= 15 is 0 Å². The van der Waals surface area contributed by atoms with Crippen molar-refractivity contribution >= 4 is 33.4 Å². The smallest absolute Gasteiger partial charge is 0.410 e. The third kappa shape index (κ3) is 7.18. The molecule has 0 fully saturated rings. The van der Waals surface area contributed by atoms with E-state index in [4.69, 9.17) is 9.15 Å². The fraction of sp³-hybridized carbons (Fsp3) is 0.417. The Hall–Kier alpha value is -2.16. The predicted molar refractivity (Wildman–Crippen MR) is 129 cm³/mol. The molecule has 0 aliphatic carbocycles. The quantitative estimate of drug-likeness (QED) is 0.364. The highest BCUT2D eigenvalue weighted by Crippen LogP contribution is 2.23. The zero-order valence-corrected chi connectivity index (χ0v) is 21.0. The Labute approximate surface area is 201 Å². The van der Waals surface area contributed by atoms with Crippen LogP contribution < -0.4 is 0 Å². The van der Waals surface area contributed by atoms with Gasteiger partial charge in [-0.25, -0.2) is 9.78 Å². The fourth-order valence-electron chi connectivity index (χ4n) is 3.07. The number of carbonyl (C=O) groups excluding carboxylic acids is 1. The lowest BCUT2D eigenvalue weighted by Crippen LogP contribution is -2.37. The largest absolute Gasteiger partial charge is 0.444 e. The number of amides is 1. The first-order valence-electron chi connectivity index (χ1n) is 10.5. The zero-order valence-electron chi connectivity index (χ0n) is 18.6. The molecule has 0 aliphatic rings. The highest BCUT2D eigenvalue weighted by Gasteiger charge is 2.24. The summed E-state index contributed by atoms with van der Waals surface area (Å²) in [6.45, 7) is 6.45. The maximum absolute atomic E-state index is 12.8. The molecule has 0 saturated heterocycles. The van der Waals surface area contributed by atoms with Gasteiger partial charge in [0.15, 0.2) is 6.10 Å².